The van der Waals surface area contributed by atoms with Crippen LogP contribution in [-0.2, 0) is 6.42 Å². The van der Waals surface area contributed by atoms with E-state index in [9.17, 15) is 4.79 Å². The minimum atomic E-state index is -0.478. The van der Waals surface area contributed by atoms with Crippen LogP contribution in [0.3, 0.4) is 0 Å². The van der Waals surface area contributed by atoms with Crippen LogP contribution in [0.2, 0.25) is 5.02 Å². The van der Waals surface area contributed by atoms with Gasteiger partial charge in [-0.15, -0.1) is 0 Å². The highest BCUT2D eigenvalue weighted by Gasteiger charge is 2.29. The molecule has 0 radical (unpaired) electrons. The van der Waals surface area contributed by atoms with Gasteiger partial charge in [-0.25, -0.2) is 0 Å². The minimum Gasteiger partial charge on any atom is -0.294 e. The number of ketones is 1. The second kappa shape index (κ2) is 6.64. The van der Waals surface area contributed by atoms with Crippen molar-refractivity contribution in [2.45, 2.75) is 20.3 Å². The number of hydrogen-bond donors (Lipinski definition) is 0. The van der Waals surface area contributed by atoms with Crippen molar-refractivity contribution in [3.8, 4) is 0 Å². The predicted octanol–water partition coefficient (Wildman–Crippen LogP) is 6.32. The Labute approximate surface area is 147 Å². The molecule has 2 rings (SSSR count). The smallest absolute Gasteiger partial charge is 0.168 e. The summed E-state index contributed by atoms with van der Waals surface area (Å²) < 4.78 is 1.78. The number of Topliss-reactive ketones (excluding diaryl/α,β-unsaturated/α-hetero) is 1. The standard InChI is InChI=1S/C17H15Br2ClO/c1-17(2,10-11-3-5-15(20)6-4-11)16(21)12-7-13(18)9-14(19)8-12/h3-9H,10H2,1-2H3. The van der Waals surface area contributed by atoms with Gasteiger partial charge in [0.25, 0.3) is 0 Å². The van der Waals surface area contributed by atoms with Crippen LogP contribution in [0.4, 0.5) is 0 Å². The van der Waals surface area contributed by atoms with Gasteiger partial charge in [0.1, 0.15) is 0 Å². The average molecular weight is 431 g/mol. The summed E-state index contributed by atoms with van der Waals surface area (Å²) in [5.41, 5.74) is 1.33. The molecule has 2 aromatic rings. The van der Waals surface area contributed by atoms with Gasteiger partial charge in [0.2, 0.25) is 0 Å². The zero-order chi connectivity index (χ0) is 15.6. The van der Waals surface area contributed by atoms with E-state index < -0.39 is 5.41 Å². The van der Waals surface area contributed by atoms with Crippen molar-refractivity contribution in [1.82, 2.24) is 0 Å². The maximum atomic E-state index is 12.8. The fourth-order valence-corrected chi connectivity index (χ4v) is 3.69. The lowest BCUT2D eigenvalue weighted by Gasteiger charge is -2.23. The summed E-state index contributed by atoms with van der Waals surface area (Å²) >= 11 is 12.8. The van der Waals surface area contributed by atoms with Gasteiger partial charge in [0.15, 0.2) is 5.78 Å². The van der Waals surface area contributed by atoms with Crippen molar-refractivity contribution in [2.24, 2.45) is 5.41 Å². The number of halogens is 3. The number of carbonyl (C=O) groups is 1. The molecule has 0 aliphatic heterocycles. The van der Waals surface area contributed by atoms with E-state index in [4.69, 9.17) is 11.6 Å². The molecule has 0 amide bonds. The van der Waals surface area contributed by atoms with Crippen LogP contribution in [0.1, 0.15) is 29.8 Å². The summed E-state index contributed by atoms with van der Waals surface area (Å²) in [5.74, 6) is 0.124. The molecular weight excluding hydrogens is 415 g/mol. The first-order valence-electron chi connectivity index (χ1n) is 6.53. The van der Waals surface area contributed by atoms with E-state index in [2.05, 4.69) is 31.9 Å². The molecule has 0 saturated heterocycles. The predicted molar refractivity (Wildman–Crippen MR) is 95.1 cm³/mol. The van der Waals surface area contributed by atoms with Gasteiger partial charge in [-0.3, -0.25) is 4.79 Å². The lowest BCUT2D eigenvalue weighted by molar-refractivity contribution is 0.0837. The molecule has 0 aromatic heterocycles. The molecule has 0 atom stereocenters. The first-order valence-corrected chi connectivity index (χ1v) is 8.50. The van der Waals surface area contributed by atoms with Crippen molar-refractivity contribution in [1.29, 1.82) is 0 Å². The Hall–Kier alpha value is -0.640. The summed E-state index contributed by atoms with van der Waals surface area (Å²) in [5, 5.41) is 0.707. The highest BCUT2D eigenvalue weighted by Crippen LogP contribution is 2.30. The first-order chi connectivity index (χ1) is 9.78. The van der Waals surface area contributed by atoms with Crippen LogP contribution in [0.15, 0.2) is 51.4 Å². The van der Waals surface area contributed by atoms with E-state index in [0.29, 0.717) is 17.0 Å². The van der Waals surface area contributed by atoms with Gasteiger partial charge in [-0.05, 0) is 42.3 Å². The summed E-state index contributed by atoms with van der Waals surface area (Å²) in [6.45, 7) is 3.94. The third kappa shape index (κ3) is 4.41. The van der Waals surface area contributed by atoms with Gasteiger partial charge < -0.3 is 0 Å². The Morgan fingerprint density at radius 1 is 1.05 bits per heavy atom. The van der Waals surface area contributed by atoms with E-state index in [-0.39, 0.29) is 5.78 Å². The van der Waals surface area contributed by atoms with Gasteiger partial charge >= 0.3 is 0 Å². The molecule has 1 nitrogen and oxygen atoms in total. The number of hydrogen-bond acceptors (Lipinski definition) is 1. The minimum absolute atomic E-state index is 0.124. The summed E-state index contributed by atoms with van der Waals surface area (Å²) in [4.78, 5) is 12.8. The van der Waals surface area contributed by atoms with Crippen LogP contribution < -0.4 is 0 Å². The zero-order valence-electron chi connectivity index (χ0n) is 11.8. The summed E-state index contributed by atoms with van der Waals surface area (Å²) in [7, 11) is 0. The molecule has 0 saturated carbocycles. The van der Waals surface area contributed by atoms with Crippen LogP contribution in [-0.4, -0.2) is 5.78 Å². The Morgan fingerprint density at radius 2 is 1.57 bits per heavy atom. The molecular formula is C17H15Br2ClO. The maximum absolute atomic E-state index is 12.8. The second-order valence-electron chi connectivity index (χ2n) is 5.67. The Morgan fingerprint density at radius 3 is 2.10 bits per heavy atom. The van der Waals surface area contributed by atoms with Crippen LogP contribution >= 0.6 is 43.5 Å². The lowest BCUT2D eigenvalue weighted by Crippen LogP contribution is -2.27. The average Bonchev–Trinajstić information content (AvgIpc) is 2.39. The van der Waals surface area contributed by atoms with Gasteiger partial charge in [-0.2, -0.15) is 0 Å². The molecule has 0 aliphatic rings. The van der Waals surface area contributed by atoms with Gasteiger partial charge in [-0.1, -0.05) is 69.4 Å². The Bertz CT molecular complexity index is 643. The first kappa shape index (κ1) is 16.7. The largest absolute Gasteiger partial charge is 0.294 e. The van der Waals surface area contributed by atoms with Crippen LogP contribution in [0.25, 0.3) is 0 Å². The summed E-state index contributed by atoms with van der Waals surface area (Å²) in [6, 6.07) is 13.3. The van der Waals surface area contributed by atoms with Crippen molar-refractivity contribution >= 4 is 49.2 Å². The van der Waals surface area contributed by atoms with Crippen molar-refractivity contribution < 1.29 is 4.79 Å². The molecule has 0 heterocycles. The molecule has 21 heavy (non-hydrogen) atoms. The number of carbonyl (C=O) groups excluding carboxylic acids is 1. The van der Waals surface area contributed by atoms with E-state index in [0.717, 1.165) is 14.5 Å². The highest BCUT2D eigenvalue weighted by atomic mass is 79.9. The van der Waals surface area contributed by atoms with E-state index in [1.54, 1.807) is 0 Å². The molecule has 0 aliphatic carbocycles. The molecule has 2 aromatic carbocycles. The summed E-state index contributed by atoms with van der Waals surface area (Å²) in [6.07, 6.45) is 0.674. The number of rotatable bonds is 4. The van der Waals surface area contributed by atoms with Gasteiger partial charge in [0, 0.05) is 24.9 Å². The van der Waals surface area contributed by atoms with Crippen molar-refractivity contribution in [3.05, 3.63) is 67.6 Å². The fraction of sp³-hybridized carbons (Fsp3) is 0.235. The topological polar surface area (TPSA) is 17.1 Å². The fourth-order valence-electron chi connectivity index (χ4n) is 2.27. The maximum Gasteiger partial charge on any atom is 0.168 e. The van der Waals surface area contributed by atoms with E-state index in [1.807, 2.05) is 56.3 Å². The van der Waals surface area contributed by atoms with Crippen LogP contribution in [0.5, 0.6) is 0 Å². The third-order valence-corrected chi connectivity index (χ3v) is 4.47. The quantitative estimate of drug-likeness (QED) is 0.519. The highest BCUT2D eigenvalue weighted by molar-refractivity contribution is 9.11. The van der Waals surface area contributed by atoms with Crippen molar-refractivity contribution in [3.63, 3.8) is 0 Å². The SMILES string of the molecule is CC(C)(Cc1ccc(Cl)cc1)C(=O)c1cc(Br)cc(Br)c1. The lowest BCUT2D eigenvalue weighted by atomic mass is 9.79. The second-order valence-corrected chi connectivity index (χ2v) is 7.94. The van der Waals surface area contributed by atoms with E-state index >= 15 is 0 Å². The number of benzene rings is 2. The molecule has 0 unspecified atom stereocenters. The van der Waals surface area contributed by atoms with Crippen molar-refractivity contribution in [2.75, 3.05) is 0 Å². The molecule has 0 bridgehead atoms. The molecule has 0 N–H and O–H groups in total. The normalized spacial score (nSPS) is 11.5. The monoisotopic (exact) mass is 428 g/mol. The molecule has 0 spiro atoms. The van der Waals surface area contributed by atoms with Gasteiger partial charge in [0.05, 0.1) is 0 Å². The van der Waals surface area contributed by atoms with Crippen LogP contribution in [0, 0.1) is 5.41 Å². The Kier molecular flexibility index (Phi) is 5.29. The Balaban J connectivity index is 2.25. The third-order valence-electron chi connectivity index (χ3n) is 3.30. The van der Waals surface area contributed by atoms with E-state index in [1.165, 1.54) is 0 Å². The molecule has 4 heteroatoms. The zero-order valence-corrected chi connectivity index (χ0v) is 15.7. The molecule has 110 valence electrons. The molecule has 0 fully saturated rings.